The van der Waals surface area contributed by atoms with Crippen molar-refractivity contribution in [2.45, 2.75) is 13.3 Å². The number of benzene rings is 1. The van der Waals surface area contributed by atoms with Crippen molar-refractivity contribution in [3.63, 3.8) is 0 Å². The quantitative estimate of drug-likeness (QED) is 0.653. The van der Waals surface area contributed by atoms with Gasteiger partial charge in [-0.2, -0.15) is 0 Å². The molecule has 0 unspecified atom stereocenters. The molecule has 4 nitrogen and oxygen atoms in total. The molecule has 0 saturated carbocycles. The number of aliphatic imine (C=N–C) groups is 1. The highest BCUT2D eigenvalue weighted by atomic mass is 35.5. The molecule has 0 atom stereocenters. The monoisotopic (exact) mass is 242 g/mol. The van der Waals surface area contributed by atoms with Crippen LogP contribution in [0.4, 0.5) is 5.69 Å². The van der Waals surface area contributed by atoms with Crippen molar-refractivity contribution in [3.8, 4) is 11.5 Å². The Labute approximate surface area is 100 Å². The number of halogens is 1. The van der Waals surface area contributed by atoms with Crippen LogP contribution in [-0.2, 0) is 0 Å². The maximum atomic E-state index is 5.97. The molecule has 2 N–H and O–H groups in total. The summed E-state index contributed by atoms with van der Waals surface area (Å²) in [4.78, 5) is 4.23. The summed E-state index contributed by atoms with van der Waals surface area (Å²) in [6.45, 7) is 1.93. The molecule has 88 valence electrons. The van der Waals surface area contributed by atoms with E-state index in [2.05, 4.69) is 4.99 Å². The molecule has 0 aliphatic rings. The molecule has 0 radical (unpaired) electrons. The van der Waals surface area contributed by atoms with Gasteiger partial charge in [0.2, 0.25) is 0 Å². The van der Waals surface area contributed by atoms with Gasteiger partial charge < -0.3 is 15.2 Å². The highest BCUT2D eigenvalue weighted by molar-refractivity contribution is 6.32. The Balaban J connectivity index is 3.25. The van der Waals surface area contributed by atoms with E-state index < -0.39 is 0 Å². The van der Waals surface area contributed by atoms with Crippen LogP contribution >= 0.6 is 11.6 Å². The number of hydrogen-bond acceptors (Lipinski definition) is 3. The summed E-state index contributed by atoms with van der Waals surface area (Å²) in [6.07, 6.45) is 0.675. The number of hydrogen-bond donors (Lipinski definition) is 1. The van der Waals surface area contributed by atoms with Crippen LogP contribution in [0.1, 0.15) is 13.3 Å². The molecule has 1 aromatic carbocycles. The zero-order chi connectivity index (χ0) is 12.1. The van der Waals surface area contributed by atoms with E-state index in [0.717, 1.165) is 0 Å². The second-order valence-corrected chi connectivity index (χ2v) is 3.52. The molecule has 5 heteroatoms. The number of amidine groups is 1. The van der Waals surface area contributed by atoms with E-state index in [4.69, 9.17) is 26.8 Å². The first-order chi connectivity index (χ1) is 7.62. The van der Waals surface area contributed by atoms with Crippen molar-refractivity contribution < 1.29 is 9.47 Å². The van der Waals surface area contributed by atoms with Crippen molar-refractivity contribution in [1.82, 2.24) is 0 Å². The molecule has 0 heterocycles. The van der Waals surface area contributed by atoms with Gasteiger partial charge in [0.15, 0.2) is 0 Å². The van der Waals surface area contributed by atoms with Gasteiger partial charge in [0, 0.05) is 18.6 Å². The van der Waals surface area contributed by atoms with Gasteiger partial charge >= 0.3 is 0 Å². The van der Waals surface area contributed by atoms with Crippen LogP contribution < -0.4 is 15.2 Å². The molecular weight excluding hydrogens is 228 g/mol. The maximum absolute atomic E-state index is 5.97. The summed E-state index contributed by atoms with van der Waals surface area (Å²) < 4.78 is 10.3. The van der Waals surface area contributed by atoms with Crippen molar-refractivity contribution in [1.29, 1.82) is 0 Å². The van der Waals surface area contributed by atoms with Crippen LogP contribution in [0.5, 0.6) is 11.5 Å². The molecule has 0 bridgehead atoms. The van der Waals surface area contributed by atoms with Crippen molar-refractivity contribution in [3.05, 3.63) is 17.2 Å². The molecule has 1 aromatic rings. The fraction of sp³-hybridized carbons (Fsp3) is 0.364. The van der Waals surface area contributed by atoms with Crippen molar-refractivity contribution >= 4 is 23.1 Å². The molecule has 0 saturated heterocycles. The van der Waals surface area contributed by atoms with E-state index in [0.29, 0.717) is 34.5 Å². The molecule has 1 rings (SSSR count). The minimum Gasteiger partial charge on any atom is -0.495 e. The van der Waals surface area contributed by atoms with Crippen LogP contribution in [0, 0.1) is 0 Å². The number of rotatable bonds is 4. The lowest BCUT2D eigenvalue weighted by atomic mass is 10.2. The minimum absolute atomic E-state index is 0.480. The smallest absolute Gasteiger partial charge is 0.146 e. The van der Waals surface area contributed by atoms with E-state index >= 15 is 0 Å². The van der Waals surface area contributed by atoms with Gasteiger partial charge in [0.05, 0.1) is 25.1 Å². The van der Waals surface area contributed by atoms with Gasteiger partial charge in [0.1, 0.15) is 17.2 Å². The predicted molar refractivity (Wildman–Crippen MR) is 66.1 cm³/mol. The van der Waals surface area contributed by atoms with Gasteiger partial charge in [-0.1, -0.05) is 18.5 Å². The number of ether oxygens (including phenoxy) is 2. The topological polar surface area (TPSA) is 56.8 Å². The van der Waals surface area contributed by atoms with E-state index in [1.165, 1.54) is 0 Å². The van der Waals surface area contributed by atoms with Crippen LogP contribution in [0.25, 0.3) is 0 Å². The third-order valence-corrected chi connectivity index (χ3v) is 2.37. The normalized spacial score (nSPS) is 11.4. The van der Waals surface area contributed by atoms with Gasteiger partial charge in [-0.25, -0.2) is 4.99 Å². The molecule has 0 aliphatic heterocycles. The zero-order valence-electron chi connectivity index (χ0n) is 9.58. The molecule has 0 fully saturated rings. The molecular formula is C11H15ClN2O2. The molecule has 16 heavy (non-hydrogen) atoms. The maximum Gasteiger partial charge on any atom is 0.146 e. The predicted octanol–water partition coefficient (Wildman–Crippen LogP) is 2.76. The summed E-state index contributed by atoms with van der Waals surface area (Å²) in [5.74, 6) is 1.65. The Kier molecular flexibility index (Phi) is 4.43. The molecule has 0 amide bonds. The Bertz CT molecular complexity index is 405. The molecule has 0 aromatic heterocycles. The van der Waals surface area contributed by atoms with Crippen LogP contribution in [-0.4, -0.2) is 20.1 Å². The van der Waals surface area contributed by atoms with E-state index in [1.807, 2.05) is 6.92 Å². The Hall–Kier alpha value is -1.42. The van der Waals surface area contributed by atoms with Gasteiger partial charge in [-0.15, -0.1) is 0 Å². The van der Waals surface area contributed by atoms with Crippen molar-refractivity contribution in [2.24, 2.45) is 10.7 Å². The third-order valence-electron chi connectivity index (χ3n) is 2.08. The summed E-state index contributed by atoms with van der Waals surface area (Å²) in [6, 6.07) is 3.35. The van der Waals surface area contributed by atoms with E-state index in [1.54, 1.807) is 26.4 Å². The summed E-state index contributed by atoms with van der Waals surface area (Å²) in [5, 5.41) is 0.480. The Morgan fingerprint density at radius 3 is 2.44 bits per heavy atom. The first-order valence-electron chi connectivity index (χ1n) is 4.86. The summed E-state index contributed by atoms with van der Waals surface area (Å²) >= 11 is 5.97. The first-order valence-corrected chi connectivity index (χ1v) is 5.24. The lowest BCUT2D eigenvalue weighted by molar-refractivity contribution is 0.404. The fourth-order valence-electron chi connectivity index (χ4n) is 1.17. The largest absolute Gasteiger partial charge is 0.495 e. The standard InChI is InChI=1S/C11H15ClN2O2/c1-4-11(13)14-8-6-9(15-2)7(12)5-10(8)16-3/h5-6H,4H2,1-3H3,(H2,13,14). The number of methoxy groups -OCH3 is 2. The SMILES string of the molecule is CCC(N)=Nc1cc(OC)c(Cl)cc1OC. The lowest BCUT2D eigenvalue weighted by Crippen LogP contribution is -2.08. The fourth-order valence-corrected chi connectivity index (χ4v) is 1.40. The van der Waals surface area contributed by atoms with E-state index in [-0.39, 0.29) is 0 Å². The minimum atomic E-state index is 0.480. The van der Waals surface area contributed by atoms with E-state index in [9.17, 15) is 0 Å². The second kappa shape index (κ2) is 5.61. The first kappa shape index (κ1) is 12.6. The lowest BCUT2D eigenvalue weighted by Gasteiger charge is -2.09. The average Bonchev–Trinajstić information content (AvgIpc) is 2.30. The zero-order valence-corrected chi connectivity index (χ0v) is 10.3. The number of nitrogens with zero attached hydrogens (tertiary/aromatic N) is 1. The van der Waals surface area contributed by atoms with Crippen LogP contribution in [0.3, 0.4) is 0 Å². The number of nitrogens with two attached hydrogens (primary N) is 1. The van der Waals surface area contributed by atoms with Gasteiger partial charge in [0.25, 0.3) is 0 Å². The third kappa shape index (κ3) is 2.79. The highest BCUT2D eigenvalue weighted by Gasteiger charge is 2.09. The molecule has 0 spiro atoms. The van der Waals surface area contributed by atoms with Gasteiger partial charge in [-0.05, 0) is 0 Å². The Morgan fingerprint density at radius 1 is 1.31 bits per heavy atom. The van der Waals surface area contributed by atoms with Crippen molar-refractivity contribution in [2.75, 3.05) is 14.2 Å². The second-order valence-electron chi connectivity index (χ2n) is 3.12. The summed E-state index contributed by atoms with van der Waals surface area (Å²) in [7, 11) is 3.10. The van der Waals surface area contributed by atoms with Crippen LogP contribution in [0.2, 0.25) is 5.02 Å². The Morgan fingerprint density at radius 2 is 1.94 bits per heavy atom. The average molecular weight is 243 g/mol. The van der Waals surface area contributed by atoms with Crippen LogP contribution in [0.15, 0.2) is 17.1 Å². The summed E-state index contributed by atoms with van der Waals surface area (Å²) in [5.41, 5.74) is 6.29. The molecule has 0 aliphatic carbocycles. The highest BCUT2D eigenvalue weighted by Crippen LogP contribution is 2.37. The van der Waals surface area contributed by atoms with Gasteiger partial charge in [-0.3, -0.25) is 0 Å².